The van der Waals surface area contributed by atoms with Crippen molar-refractivity contribution in [2.24, 2.45) is 0 Å². The molecule has 1 aliphatic rings. The van der Waals surface area contributed by atoms with E-state index in [9.17, 15) is 14.4 Å². The van der Waals surface area contributed by atoms with Gasteiger partial charge in [-0.3, -0.25) is 14.5 Å². The van der Waals surface area contributed by atoms with Gasteiger partial charge >= 0.3 is 5.97 Å². The van der Waals surface area contributed by atoms with E-state index in [-0.39, 0.29) is 30.6 Å². The number of esters is 1. The molecule has 0 saturated carbocycles. The van der Waals surface area contributed by atoms with Gasteiger partial charge in [-0.2, -0.15) is 0 Å². The SMILES string of the molecule is CCOC(=O)/C=C1/SCC(=O)N1CC(=O)c1ccccc1. The van der Waals surface area contributed by atoms with Crippen LogP contribution >= 0.6 is 11.8 Å². The normalized spacial score (nSPS) is 16.3. The zero-order valence-electron chi connectivity index (χ0n) is 11.6. The Kier molecular flexibility index (Phi) is 5.16. The lowest BCUT2D eigenvalue weighted by molar-refractivity contribution is -0.137. The molecule has 0 spiro atoms. The molecule has 21 heavy (non-hydrogen) atoms. The van der Waals surface area contributed by atoms with Crippen molar-refractivity contribution in [2.45, 2.75) is 6.92 Å². The smallest absolute Gasteiger partial charge is 0.333 e. The van der Waals surface area contributed by atoms with Crippen molar-refractivity contribution in [3.05, 3.63) is 47.0 Å². The van der Waals surface area contributed by atoms with Gasteiger partial charge in [0.2, 0.25) is 5.91 Å². The van der Waals surface area contributed by atoms with Gasteiger partial charge in [0.05, 0.1) is 30.0 Å². The first-order chi connectivity index (χ1) is 10.1. The molecule has 0 unspecified atom stereocenters. The van der Waals surface area contributed by atoms with Crippen LogP contribution in [0.5, 0.6) is 0 Å². The quantitative estimate of drug-likeness (QED) is 0.472. The molecule has 0 radical (unpaired) electrons. The first kappa shape index (κ1) is 15.3. The van der Waals surface area contributed by atoms with E-state index in [1.165, 1.54) is 22.7 Å². The molecule has 1 fully saturated rings. The predicted molar refractivity (Wildman–Crippen MR) is 79.7 cm³/mol. The largest absolute Gasteiger partial charge is 0.463 e. The number of hydrogen-bond donors (Lipinski definition) is 0. The average Bonchev–Trinajstić information content (AvgIpc) is 2.81. The fourth-order valence-corrected chi connectivity index (χ4v) is 2.77. The van der Waals surface area contributed by atoms with E-state index in [0.29, 0.717) is 10.6 Å². The Labute approximate surface area is 127 Å². The number of Topliss-reactive ketones (excluding diaryl/α,β-unsaturated/α-hetero) is 1. The Morgan fingerprint density at radius 2 is 2.05 bits per heavy atom. The van der Waals surface area contributed by atoms with Crippen LogP contribution in [0, 0.1) is 0 Å². The summed E-state index contributed by atoms with van der Waals surface area (Å²) in [5, 5.41) is 0.461. The molecule has 5 nitrogen and oxygen atoms in total. The maximum absolute atomic E-state index is 12.2. The standard InChI is InChI=1S/C15H15NO4S/c1-2-20-15(19)8-14-16(13(18)10-21-14)9-12(17)11-6-4-3-5-7-11/h3-8H,2,9-10H2,1H3/b14-8+. The van der Waals surface area contributed by atoms with Gasteiger partial charge in [0.1, 0.15) is 0 Å². The molecule has 110 valence electrons. The molecule has 0 N–H and O–H groups in total. The van der Waals surface area contributed by atoms with E-state index in [1.807, 2.05) is 6.07 Å². The minimum Gasteiger partial charge on any atom is -0.463 e. The molecule has 6 heteroatoms. The van der Waals surface area contributed by atoms with Gasteiger partial charge in [0.15, 0.2) is 5.78 Å². The van der Waals surface area contributed by atoms with Gasteiger partial charge < -0.3 is 4.74 Å². The molecular formula is C15H15NO4S. The second-order valence-corrected chi connectivity index (χ2v) is 5.29. The monoisotopic (exact) mass is 305 g/mol. The second-order valence-electron chi connectivity index (χ2n) is 4.29. The van der Waals surface area contributed by atoms with Gasteiger partial charge in [-0.15, -0.1) is 0 Å². The molecular weight excluding hydrogens is 290 g/mol. The number of rotatable bonds is 5. The Morgan fingerprint density at radius 1 is 1.33 bits per heavy atom. The lowest BCUT2D eigenvalue weighted by atomic mass is 10.1. The van der Waals surface area contributed by atoms with Gasteiger partial charge in [-0.1, -0.05) is 42.1 Å². The third-order valence-corrected chi connectivity index (χ3v) is 3.86. The van der Waals surface area contributed by atoms with Crippen LogP contribution in [0.25, 0.3) is 0 Å². The predicted octanol–water partition coefficient (Wildman–Crippen LogP) is 1.85. The Balaban J connectivity index is 2.11. The second kappa shape index (κ2) is 7.08. The highest BCUT2D eigenvalue weighted by Crippen LogP contribution is 2.28. The van der Waals surface area contributed by atoms with Crippen molar-refractivity contribution in [1.82, 2.24) is 4.90 Å². The van der Waals surface area contributed by atoms with Gasteiger partial charge in [0.25, 0.3) is 0 Å². The van der Waals surface area contributed by atoms with Crippen LogP contribution < -0.4 is 0 Å². The number of carbonyl (C=O) groups is 3. The summed E-state index contributed by atoms with van der Waals surface area (Å²) in [6, 6.07) is 8.75. The maximum Gasteiger partial charge on any atom is 0.333 e. The third-order valence-electron chi connectivity index (χ3n) is 2.84. The molecule has 1 aromatic rings. The topological polar surface area (TPSA) is 63.7 Å². The van der Waals surface area contributed by atoms with Crippen LogP contribution in [0.1, 0.15) is 17.3 Å². The Morgan fingerprint density at radius 3 is 2.71 bits per heavy atom. The first-order valence-electron chi connectivity index (χ1n) is 6.51. The summed E-state index contributed by atoms with van der Waals surface area (Å²) >= 11 is 1.23. The fourth-order valence-electron chi connectivity index (χ4n) is 1.84. The van der Waals surface area contributed by atoms with E-state index < -0.39 is 5.97 Å². The summed E-state index contributed by atoms with van der Waals surface area (Å²) < 4.78 is 4.83. The van der Waals surface area contributed by atoms with Gasteiger partial charge in [-0.05, 0) is 6.92 Å². The molecule has 0 atom stereocenters. The maximum atomic E-state index is 12.2. The third kappa shape index (κ3) is 3.95. The molecule has 1 saturated heterocycles. The number of nitrogens with zero attached hydrogens (tertiary/aromatic N) is 1. The minimum atomic E-state index is -0.508. The van der Waals surface area contributed by atoms with E-state index >= 15 is 0 Å². The van der Waals surface area contributed by atoms with E-state index in [0.717, 1.165) is 0 Å². The Bertz CT molecular complexity index is 583. The van der Waals surface area contributed by atoms with Gasteiger partial charge in [-0.25, -0.2) is 4.79 Å². The number of ether oxygens (including phenoxy) is 1. The Hall–Kier alpha value is -2.08. The highest BCUT2D eigenvalue weighted by Gasteiger charge is 2.29. The fraction of sp³-hybridized carbons (Fsp3) is 0.267. The number of thioether (sulfide) groups is 1. The summed E-state index contributed by atoms with van der Waals surface area (Å²) in [7, 11) is 0. The number of hydrogen-bond acceptors (Lipinski definition) is 5. The molecule has 1 amide bonds. The molecule has 0 aliphatic carbocycles. The summed E-state index contributed by atoms with van der Waals surface area (Å²) in [4.78, 5) is 36.8. The van der Waals surface area contributed by atoms with Crippen LogP contribution in [-0.2, 0) is 14.3 Å². The van der Waals surface area contributed by atoms with Crippen molar-refractivity contribution in [1.29, 1.82) is 0 Å². The van der Waals surface area contributed by atoms with Crippen molar-refractivity contribution in [3.8, 4) is 0 Å². The van der Waals surface area contributed by atoms with E-state index in [2.05, 4.69) is 0 Å². The molecule has 1 aromatic carbocycles. The van der Waals surface area contributed by atoms with Crippen LogP contribution in [0.4, 0.5) is 0 Å². The molecule has 2 rings (SSSR count). The van der Waals surface area contributed by atoms with Crippen LogP contribution in [0.3, 0.4) is 0 Å². The molecule has 1 heterocycles. The number of benzene rings is 1. The first-order valence-corrected chi connectivity index (χ1v) is 7.50. The summed E-state index contributed by atoms with van der Waals surface area (Å²) in [6.45, 7) is 1.91. The van der Waals surface area contributed by atoms with Crippen molar-refractivity contribution < 1.29 is 19.1 Å². The number of amides is 1. The highest BCUT2D eigenvalue weighted by molar-refractivity contribution is 8.04. The summed E-state index contributed by atoms with van der Waals surface area (Å²) in [5.74, 6) is -0.624. The van der Waals surface area contributed by atoms with E-state index in [1.54, 1.807) is 31.2 Å². The number of ketones is 1. The summed E-state index contributed by atoms with van der Waals surface area (Å²) in [6.07, 6.45) is 1.26. The van der Waals surface area contributed by atoms with Crippen molar-refractivity contribution >= 4 is 29.4 Å². The van der Waals surface area contributed by atoms with Crippen molar-refractivity contribution in [3.63, 3.8) is 0 Å². The minimum absolute atomic E-state index is 0.0684. The van der Waals surface area contributed by atoms with E-state index in [4.69, 9.17) is 4.74 Å². The molecule has 0 bridgehead atoms. The van der Waals surface area contributed by atoms with Gasteiger partial charge in [0, 0.05) is 5.56 Å². The average molecular weight is 305 g/mol. The highest BCUT2D eigenvalue weighted by atomic mass is 32.2. The number of carbonyl (C=O) groups excluding carboxylic acids is 3. The summed E-state index contributed by atoms with van der Waals surface area (Å²) in [5.41, 5.74) is 0.540. The lowest BCUT2D eigenvalue weighted by Crippen LogP contribution is -2.31. The van der Waals surface area contributed by atoms with Crippen LogP contribution in [0.2, 0.25) is 0 Å². The zero-order valence-corrected chi connectivity index (χ0v) is 12.4. The molecule has 0 aromatic heterocycles. The zero-order chi connectivity index (χ0) is 15.2. The van der Waals surface area contributed by atoms with Crippen molar-refractivity contribution in [2.75, 3.05) is 18.9 Å². The lowest BCUT2D eigenvalue weighted by Gasteiger charge is -2.15. The van der Waals surface area contributed by atoms with Crippen LogP contribution in [0.15, 0.2) is 41.4 Å². The van der Waals surface area contributed by atoms with Crippen LogP contribution in [-0.4, -0.2) is 41.5 Å². The molecule has 1 aliphatic heterocycles.